The van der Waals surface area contributed by atoms with Crippen LogP contribution in [0, 0.1) is 11.8 Å². The van der Waals surface area contributed by atoms with E-state index in [1.165, 1.54) is 11.1 Å². The number of nitrogens with two attached hydrogens (primary N) is 1. The van der Waals surface area contributed by atoms with Gasteiger partial charge in [0.05, 0.1) is 13.1 Å². The zero-order valence-corrected chi connectivity index (χ0v) is 12.8. The first-order valence-electron chi connectivity index (χ1n) is 7.05. The van der Waals surface area contributed by atoms with Crippen LogP contribution in [0.5, 0.6) is 0 Å². The number of nitrogens with one attached hydrogen (secondary N) is 1. The summed E-state index contributed by atoms with van der Waals surface area (Å²) in [5, 5.41) is 2.64. The molecule has 0 spiro atoms. The Labute approximate surface area is 121 Å². The summed E-state index contributed by atoms with van der Waals surface area (Å²) < 4.78 is 0. The summed E-state index contributed by atoms with van der Waals surface area (Å²) >= 11 is 0. The second-order valence-corrected chi connectivity index (χ2v) is 5.44. The van der Waals surface area contributed by atoms with E-state index in [1.807, 2.05) is 0 Å². The van der Waals surface area contributed by atoms with E-state index in [0.29, 0.717) is 18.4 Å². The summed E-state index contributed by atoms with van der Waals surface area (Å²) in [5.74, 6) is 6.87. The van der Waals surface area contributed by atoms with Crippen molar-refractivity contribution in [2.24, 2.45) is 5.73 Å². The van der Waals surface area contributed by atoms with Crippen LogP contribution in [0.15, 0.2) is 18.2 Å². The van der Waals surface area contributed by atoms with E-state index < -0.39 is 0 Å². The van der Waals surface area contributed by atoms with Crippen molar-refractivity contribution in [1.82, 2.24) is 5.32 Å². The normalized spacial score (nSPS) is 10.3. The molecule has 0 aromatic heterocycles. The molecule has 0 unspecified atom stereocenters. The van der Waals surface area contributed by atoms with Crippen LogP contribution in [-0.2, 0) is 4.79 Å². The fourth-order valence-corrected chi connectivity index (χ4v) is 1.89. The molecule has 1 aromatic rings. The molecule has 0 heterocycles. The zero-order valence-electron chi connectivity index (χ0n) is 12.8. The highest BCUT2D eigenvalue weighted by molar-refractivity contribution is 5.77. The van der Waals surface area contributed by atoms with Crippen LogP contribution in [0.25, 0.3) is 0 Å². The lowest BCUT2D eigenvalue weighted by Gasteiger charge is -2.13. The molecule has 108 valence electrons. The van der Waals surface area contributed by atoms with Gasteiger partial charge < -0.3 is 11.1 Å². The first-order valence-corrected chi connectivity index (χ1v) is 7.05. The lowest BCUT2D eigenvalue weighted by atomic mass is 9.92. The molecule has 0 bridgehead atoms. The molecule has 3 N–H and O–H groups in total. The highest BCUT2D eigenvalue weighted by atomic mass is 16.1. The maximum Gasteiger partial charge on any atom is 0.234 e. The van der Waals surface area contributed by atoms with E-state index in [0.717, 1.165) is 5.56 Å². The van der Waals surface area contributed by atoms with Gasteiger partial charge in [-0.25, -0.2) is 0 Å². The number of carbonyl (C=O) groups is 1. The summed E-state index contributed by atoms with van der Waals surface area (Å²) in [4.78, 5) is 11.0. The minimum Gasteiger partial charge on any atom is -0.344 e. The Morgan fingerprint density at radius 3 is 2.50 bits per heavy atom. The molecule has 1 rings (SSSR count). The van der Waals surface area contributed by atoms with Gasteiger partial charge in [0, 0.05) is 5.56 Å². The molecular formula is C17H24N2O. The van der Waals surface area contributed by atoms with Crippen molar-refractivity contribution in [3.63, 3.8) is 0 Å². The zero-order chi connectivity index (χ0) is 15.1. The third-order valence-electron chi connectivity index (χ3n) is 3.15. The average Bonchev–Trinajstić information content (AvgIpc) is 2.42. The van der Waals surface area contributed by atoms with Crippen molar-refractivity contribution in [3.05, 3.63) is 34.9 Å². The highest BCUT2D eigenvalue weighted by Gasteiger charge is 2.08. The van der Waals surface area contributed by atoms with Crippen molar-refractivity contribution in [3.8, 4) is 11.8 Å². The third-order valence-corrected chi connectivity index (χ3v) is 3.15. The van der Waals surface area contributed by atoms with Crippen LogP contribution in [-0.4, -0.2) is 19.0 Å². The highest BCUT2D eigenvalue weighted by Crippen LogP contribution is 2.24. The Morgan fingerprint density at radius 1 is 1.25 bits per heavy atom. The van der Waals surface area contributed by atoms with Gasteiger partial charge in [0.25, 0.3) is 0 Å². The van der Waals surface area contributed by atoms with Crippen LogP contribution in [0.4, 0.5) is 0 Å². The summed E-state index contributed by atoms with van der Waals surface area (Å²) in [6.45, 7) is 9.05. The number of amides is 1. The minimum absolute atomic E-state index is 0.00199. The van der Waals surface area contributed by atoms with Crippen LogP contribution < -0.4 is 11.1 Å². The standard InChI is InChI=1S/C17H24N2O/c1-12(2)15-8-7-14(16(10-15)13(3)4)6-5-9-19-17(20)11-18/h7-8,10,12-13H,9,11,18H2,1-4H3,(H,19,20). The Hall–Kier alpha value is -1.79. The Balaban J connectivity index is 2.89. The first kappa shape index (κ1) is 16.3. The molecule has 0 atom stereocenters. The van der Waals surface area contributed by atoms with Gasteiger partial charge in [-0.1, -0.05) is 51.7 Å². The topological polar surface area (TPSA) is 55.1 Å². The van der Waals surface area contributed by atoms with Crippen LogP contribution >= 0.6 is 0 Å². The number of rotatable bonds is 4. The molecule has 3 nitrogen and oxygen atoms in total. The minimum atomic E-state index is -0.182. The largest absolute Gasteiger partial charge is 0.344 e. The van der Waals surface area contributed by atoms with Gasteiger partial charge in [-0.15, -0.1) is 0 Å². The Kier molecular flexibility index (Phi) is 6.27. The number of hydrogen-bond acceptors (Lipinski definition) is 2. The van der Waals surface area contributed by atoms with Gasteiger partial charge in [-0.2, -0.15) is 0 Å². The van der Waals surface area contributed by atoms with Gasteiger partial charge in [0.1, 0.15) is 0 Å². The monoisotopic (exact) mass is 272 g/mol. The summed E-state index contributed by atoms with van der Waals surface area (Å²) in [6, 6.07) is 6.43. The predicted molar refractivity (Wildman–Crippen MR) is 83.6 cm³/mol. The van der Waals surface area contributed by atoms with Crippen molar-refractivity contribution in [2.45, 2.75) is 39.5 Å². The van der Waals surface area contributed by atoms with Gasteiger partial charge in [0.2, 0.25) is 5.91 Å². The van der Waals surface area contributed by atoms with Crippen molar-refractivity contribution < 1.29 is 4.79 Å². The molecule has 1 aromatic carbocycles. The second-order valence-electron chi connectivity index (χ2n) is 5.44. The van der Waals surface area contributed by atoms with Gasteiger partial charge in [-0.05, 0) is 29.0 Å². The smallest absolute Gasteiger partial charge is 0.234 e. The van der Waals surface area contributed by atoms with Gasteiger partial charge in [-0.3, -0.25) is 4.79 Å². The fourth-order valence-electron chi connectivity index (χ4n) is 1.89. The molecule has 0 saturated heterocycles. The summed E-state index contributed by atoms with van der Waals surface area (Å²) in [7, 11) is 0. The van der Waals surface area contributed by atoms with Crippen LogP contribution in [0.3, 0.4) is 0 Å². The number of carbonyl (C=O) groups excluding carboxylic acids is 1. The van der Waals surface area contributed by atoms with E-state index in [-0.39, 0.29) is 12.5 Å². The molecule has 0 saturated carbocycles. The maximum atomic E-state index is 11.0. The van der Waals surface area contributed by atoms with Crippen LogP contribution in [0.1, 0.15) is 56.2 Å². The molecule has 1 amide bonds. The SMILES string of the molecule is CC(C)c1ccc(C#CCNC(=O)CN)c(C(C)C)c1. The second kappa shape index (κ2) is 7.72. The predicted octanol–water partition coefficient (Wildman–Crippen LogP) is 2.36. The van der Waals surface area contributed by atoms with E-state index in [4.69, 9.17) is 5.73 Å². The summed E-state index contributed by atoms with van der Waals surface area (Å²) in [6.07, 6.45) is 0. The molecule has 20 heavy (non-hydrogen) atoms. The molecule has 3 heteroatoms. The number of hydrogen-bond donors (Lipinski definition) is 2. The van der Waals surface area contributed by atoms with Gasteiger partial charge >= 0.3 is 0 Å². The Morgan fingerprint density at radius 2 is 1.95 bits per heavy atom. The lowest BCUT2D eigenvalue weighted by Crippen LogP contribution is -2.30. The summed E-state index contributed by atoms with van der Waals surface area (Å²) in [5.41, 5.74) is 8.84. The third kappa shape index (κ3) is 4.71. The maximum absolute atomic E-state index is 11.0. The molecule has 0 radical (unpaired) electrons. The van der Waals surface area contributed by atoms with Crippen LogP contribution in [0.2, 0.25) is 0 Å². The molecule has 0 fully saturated rings. The molecular weight excluding hydrogens is 248 g/mol. The number of benzene rings is 1. The van der Waals surface area contributed by atoms with E-state index >= 15 is 0 Å². The average molecular weight is 272 g/mol. The van der Waals surface area contributed by atoms with Gasteiger partial charge in [0.15, 0.2) is 0 Å². The first-order chi connectivity index (χ1) is 9.45. The van der Waals surface area contributed by atoms with E-state index in [9.17, 15) is 4.79 Å². The fraction of sp³-hybridized carbons (Fsp3) is 0.471. The molecule has 0 aliphatic carbocycles. The molecule has 0 aliphatic rings. The van der Waals surface area contributed by atoms with E-state index in [1.54, 1.807) is 0 Å². The lowest BCUT2D eigenvalue weighted by molar-refractivity contribution is -0.119. The Bertz CT molecular complexity index is 522. The van der Waals surface area contributed by atoms with Crippen molar-refractivity contribution in [2.75, 3.05) is 13.1 Å². The quantitative estimate of drug-likeness (QED) is 0.827. The molecule has 0 aliphatic heterocycles. The van der Waals surface area contributed by atoms with Crippen molar-refractivity contribution >= 4 is 5.91 Å². The van der Waals surface area contributed by atoms with E-state index in [2.05, 4.69) is 63.1 Å². The van der Waals surface area contributed by atoms with Crippen molar-refractivity contribution in [1.29, 1.82) is 0 Å².